The number of amides is 2. The highest BCUT2D eigenvalue weighted by atomic mass is 16.3. The van der Waals surface area contributed by atoms with Crippen LogP contribution in [0.5, 0.6) is 0 Å². The maximum atomic E-state index is 12.1. The van der Waals surface area contributed by atoms with Crippen molar-refractivity contribution in [1.29, 1.82) is 0 Å². The van der Waals surface area contributed by atoms with Gasteiger partial charge in [0, 0.05) is 26.2 Å². The topological polar surface area (TPSA) is 60.8 Å². The Labute approximate surface area is 150 Å². The molecular formula is C19H32N4O2. The van der Waals surface area contributed by atoms with E-state index >= 15 is 0 Å². The second-order valence-corrected chi connectivity index (χ2v) is 7.46. The molecule has 140 valence electrons. The van der Waals surface area contributed by atoms with Crippen LogP contribution in [0.4, 0.5) is 4.79 Å². The normalized spacial score (nSPS) is 23.5. The molecule has 2 aliphatic heterocycles. The molecule has 2 unspecified atom stereocenters. The molecule has 2 amide bonds. The lowest BCUT2D eigenvalue weighted by Gasteiger charge is -2.30. The van der Waals surface area contributed by atoms with Crippen LogP contribution in [0.25, 0.3) is 0 Å². The number of urea groups is 1. The van der Waals surface area contributed by atoms with Gasteiger partial charge in [-0.2, -0.15) is 0 Å². The Kier molecular flexibility index (Phi) is 6.76. The van der Waals surface area contributed by atoms with Crippen molar-refractivity contribution in [2.45, 2.75) is 38.6 Å². The Morgan fingerprint density at radius 1 is 1.28 bits per heavy atom. The van der Waals surface area contributed by atoms with E-state index in [1.54, 1.807) is 6.26 Å². The van der Waals surface area contributed by atoms with Crippen LogP contribution in [0.15, 0.2) is 22.8 Å². The van der Waals surface area contributed by atoms with Gasteiger partial charge in [0.05, 0.1) is 12.3 Å². The summed E-state index contributed by atoms with van der Waals surface area (Å²) in [7, 11) is 0. The minimum Gasteiger partial charge on any atom is -0.468 e. The minimum atomic E-state index is -0.0826. The van der Waals surface area contributed by atoms with Crippen LogP contribution in [-0.2, 0) is 0 Å². The highest BCUT2D eigenvalue weighted by molar-refractivity contribution is 5.73. The molecule has 0 aliphatic carbocycles. The Bertz CT molecular complexity index is 514. The van der Waals surface area contributed by atoms with Gasteiger partial charge in [-0.15, -0.1) is 0 Å². The molecule has 0 aromatic carbocycles. The van der Waals surface area contributed by atoms with Gasteiger partial charge in [-0.1, -0.05) is 6.92 Å². The van der Waals surface area contributed by atoms with Gasteiger partial charge in [0.15, 0.2) is 0 Å². The average Bonchev–Trinajstić information content (AvgIpc) is 3.29. The Morgan fingerprint density at radius 2 is 2.12 bits per heavy atom. The van der Waals surface area contributed by atoms with Gasteiger partial charge in [0.2, 0.25) is 0 Å². The van der Waals surface area contributed by atoms with Crippen LogP contribution in [0.1, 0.15) is 44.4 Å². The van der Waals surface area contributed by atoms with Gasteiger partial charge < -0.3 is 20.0 Å². The zero-order valence-electron chi connectivity index (χ0n) is 15.4. The van der Waals surface area contributed by atoms with Crippen LogP contribution in [0.2, 0.25) is 0 Å². The first-order valence-electron chi connectivity index (χ1n) is 9.74. The van der Waals surface area contributed by atoms with Crippen molar-refractivity contribution in [3.05, 3.63) is 24.2 Å². The predicted molar refractivity (Wildman–Crippen MR) is 98.5 cm³/mol. The molecule has 1 aromatic heterocycles. The highest BCUT2D eigenvalue weighted by Gasteiger charge is 2.25. The molecule has 2 fully saturated rings. The molecule has 1 aromatic rings. The second kappa shape index (κ2) is 9.25. The smallest absolute Gasteiger partial charge is 0.314 e. The highest BCUT2D eigenvalue weighted by Crippen LogP contribution is 2.24. The lowest BCUT2D eigenvalue weighted by Crippen LogP contribution is -2.45. The number of likely N-dealkylation sites (tertiary alicyclic amines) is 2. The van der Waals surface area contributed by atoms with Crippen molar-refractivity contribution >= 4 is 6.03 Å². The molecule has 0 saturated carbocycles. The first-order chi connectivity index (χ1) is 12.2. The monoisotopic (exact) mass is 348 g/mol. The molecule has 2 aliphatic rings. The lowest BCUT2D eigenvalue weighted by molar-refractivity contribution is 0.182. The number of carbonyl (C=O) groups is 1. The summed E-state index contributed by atoms with van der Waals surface area (Å²) in [6.07, 6.45) is 6.75. The van der Waals surface area contributed by atoms with E-state index in [2.05, 4.69) is 27.4 Å². The van der Waals surface area contributed by atoms with Gasteiger partial charge in [-0.3, -0.25) is 4.90 Å². The summed E-state index contributed by atoms with van der Waals surface area (Å²) in [5.74, 6) is 1.71. The molecule has 0 spiro atoms. The van der Waals surface area contributed by atoms with Crippen LogP contribution < -0.4 is 10.6 Å². The minimum absolute atomic E-state index is 0.0826. The number of piperidine rings is 1. The fourth-order valence-corrected chi connectivity index (χ4v) is 4.01. The predicted octanol–water partition coefficient (Wildman–Crippen LogP) is 2.45. The van der Waals surface area contributed by atoms with E-state index in [0.717, 1.165) is 44.4 Å². The standard InChI is InChI=1S/C19H32N4O2/c1-16-6-4-9-22(15-16)12-8-20-19(24)21-14-17(18-7-5-13-25-18)23-10-2-3-11-23/h5,7,13,16-17H,2-4,6,8-12,14-15H2,1H3,(H2,20,21,24). The SMILES string of the molecule is CC1CCCN(CCNC(=O)NCC(c2ccco2)N2CCCC2)C1. The molecule has 25 heavy (non-hydrogen) atoms. The van der Waals surface area contributed by atoms with E-state index in [-0.39, 0.29) is 12.1 Å². The fourth-order valence-electron chi connectivity index (χ4n) is 4.01. The molecular weight excluding hydrogens is 316 g/mol. The number of rotatable bonds is 7. The zero-order valence-corrected chi connectivity index (χ0v) is 15.4. The van der Waals surface area contributed by atoms with E-state index < -0.39 is 0 Å². The second-order valence-electron chi connectivity index (χ2n) is 7.46. The van der Waals surface area contributed by atoms with E-state index in [4.69, 9.17) is 4.42 Å². The summed E-state index contributed by atoms with van der Waals surface area (Å²) in [5, 5.41) is 6.02. The maximum absolute atomic E-state index is 12.1. The number of furan rings is 1. The number of nitrogens with zero attached hydrogens (tertiary/aromatic N) is 2. The molecule has 3 rings (SSSR count). The molecule has 2 N–H and O–H groups in total. The van der Waals surface area contributed by atoms with Crippen molar-refractivity contribution in [3.63, 3.8) is 0 Å². The molecule has 0 bridgehead atoms. The summed E-state index contributed by atoms with van der Waals surface area (Å²) in [6.45, 7) is 8.98. The van der Waals surface area contributed by atoms with E-state index in [1.807, 2.05) is 12.1 Å². The summed E-state index contributed by atoms with van der Waals surface area (Å²) in [4.78, 5) is 17.0. The molecule has 2 atom stereocenters. The van der Waals surface area contributed by atoms with Gasteiger partial charge in [-0.05, 0) is 63.4 Å². The quantitative estimate of drug-likeness (QED) is 0.795. The first-order valence-corrected chi connectivity index (χ1v) is 9.74. The molecule has 6 nitrogen and oxygen atoms in total. The van der Waals surface area contributed by atoms with Gasteiger partial charge in [-0.25, -0.2) is 4.79 Å². The maximum Gasteiger partial charge on any atom is 0.314 e. The Hall–Kier alpha value is -1.53. The molecule has 6 heteroatoms. The third kappa shape index (κ3) is 5.47. The summed E-state index contributed by atoms with van der Waals surface area (Å²) in [6, 6.07) is 3.96. The number of hydrogen-bond acceptors (Lipinski definition) is 4. The lowest BCUT2D eigenvalue weighted by atomic mass is 10.0. The van der Waals surface area contributed by atoms with Crippen LogP contribution >= 0.6 is 0 Å². The first kappa shape index (κ1) is 18.3. The Balaban J connectivity index is 1.39. The number of nitrogens with one attached hydrogen (secondary N) is 2. The van der Waals surface area contributed by atoms with Crippen LogP contribution in [0.3, 0.4) is 0 Å². The van der Waals surface area contributed by atoms with Crippen LogP contribution in [0, 0.1) is 5.92 Å². The number of carbonyl (C=O) groups excluding carboxylic acids is 1. The van der Waals surface area contributed by atoms with E-state index in [9.17, 15) is 4.79 Å². The van der Waals surface area contributed by atoms with Gasteiger partial charge in [0.1, 0.15) is 5.76 Å². The van der Waals surface area contributed by atoms with Crippen molar-refractivity contribution in [3.8, 4) is 0 Å². The average molecular weight is 348 g/mol. The largest absolute Gasteiger partial charge is 0.468 e. The summed E-state index contributed by atoms with van der Waals surface area (Å²) < 4.78 is 5.59. The molecule has 3 heterocycles. The Morgan fingerprint density at radius 3 is 2.84 bits per heavy atom. The fraction of sp³-hybridized carbons (Fsp3) is 0.737. The molecule has 2 saturated heterocycles. The van der Waals surface area contributed by atoms with Gasteiger partial charge in [0.25, 0.3) is 0 Å². The third-order valence-corrected chi connectivity index (χ3v) is 5.36. The summed E-state index contributed by atoms with van der Waals surface area (Å²) in [5.41, 5.74) is 0. The molecule has 0 radical (unpaired) electrons. The zero-order chi connectivity index (χ0) is 17.5. The summed E-state index contributed by atoms with van der Waals surface area (Å²) >= 11 is 0. The van der Waals surface area contributed by atoms with Crippen molar-refractivity contribution in [2.75, 3.05) is 45.8 Å². The van der Waals surface area contributed by atoms with Crippen molar-refractivity contribution in [1.82, 2.24) is 20.4 Å². The van der Waals surface area contributed by atoms with Crippen molar-refractivity contribution < 1.29 is 9.21 Å². The third-order valence-electron chi connectivity index (χ3n) is 5.36. The van der Waals surface area contributed by atoms with Gasteiger partial charge >= 0.3 is 6.03 Å². The number of hydrogen-bond donors (Lipinski definition) is 2. The van der Waals surface area contributed by atoms with Crippen LogP contribution in [-0.4, -0.2) is 61.6 Å². The van der Waals surface area contributed by atoms with E-state index in [0.29, 0.717) is 13.1 Å². The van der Waals surface area contributed by atoms with Crippen molar-refractivity contribution in [2.24, 2.45) is 5.92 Å². The van der Waals surface area contributed by atoms with E-state index in [1.165, 1.54) is 25.7 Å².